The summed E-state index contributed by atoms with van der Waals surface area (Å²) in [5, 5.41) is 2.75. The van der Waals surface area contributed by atoms with E-state index in [9.17, 15) is 9.59 Å². The van der Waals surface area contributed by atoms with E-state index in [0.717, 1.165) is 22.6 Å². The minimum absolute atomic E-state index is 0.264. The molecule has 0 fully saturated rings. The maximum Gasteiger partial charge on any atom is 0.338 e. The molecule has 2 aromatic heterocycles. The van der Waals surface area contributed by atoms with Gasteiger partial charge in [-0.25, -0.2) is 14.8 Å². The Morgan fingerprint density at radius 2 is 1.32 bits per heavy atom. The van der Waals surface area contributed by atoms with Crippen molar-refractivity contribution in [1.29, 1.82) is 0 Å². The second-order valence-electron chi connectivity index (χ2n) is 9.11. The summed E-state index contributed by atoms with van der Waals surface area (Å²) in [6.07, 6.45) is 2.48. The minimum Gasteiger partial charge on any atom is -0.497 e. The van der Waals surface area contributed by atoms with E-state index in [2.05, 4.69) is 10.3 Å². The zero-order valence-electron chi connectivity index (χ0n) is 22.8. The molecule has 0 bridgehead atoms. The van der Waals surface area contributed by atoms with Gasteiger partial charge in [0.25, 0.3) is 5.91 Å². The van der Waals surface area contributed by atoms with Crippen LogP contribution in [0.1, 0.15) is 23.7 Å². The van der Waals surface area contributed by atoms with Gasteiger partial charge in [-0.2, -0.15) is 0 Å². The van der Waals surface area contributed by atoms with Gasteiger partial charge in [-0.3, -0.25) is 9.78 Å². The summed E-state index contributed by atoms with van der Waals surface area (Å²) in [5.41, 5.74) is 4.96. The Morgan fingerprint density at radius 1 is 0.756 bits per heavy atom. The monoisotopic (exact) mass is 548 g/mol. The van der Waals surface area contributed by atoms with Crippen molar-refractivity contribution in [3.63, 3.8) is 0 Å². The standard InChI is InChI=1S/C32H28N4O5/c1-4-28(31(37)34-23-15-17-33-18-16-23)41-32(38)22-9-14-26-27(19-22)36-30(21-7-12-25(40-3)13-8-21)29(35-26)20-5-10-24(39-2)11-6-20/h5-19,28H,4H2,1-3H3,(H,33,34,37). The molecule has 0 aliphatic heterocycles. The van der Waals surface area contributed by atoms with E-state index in [4.69, 9.17) is 24.2 Å². The number of rotatable bonds is 9. The predicted octanol–water partition coefficient (Wildman–Crippen LogP) is 5.95. The van der Waals surface area contributed by atoms with Crippen molar-refractivity contribution in [2.75, 3.05) is 19.5 Å². The summed E-state index contributed by atoms with van der Waals surface area (Å²) in [7, 11) is 3.23. The van der Waals surface area contributed by atoms with Crippen LogP contribution in [0.2, 0.25) is 0 Å². The van der Waals surface area contributed by atoms with Crippen molar-refractivity contribution in [1.82, 2.24) is 15.0 Å². The third kappa shape index (κ3) is 6.14. The largest absolute Gasteiger partial charge is 0.497 e. The van der Waals surface area contributed by atoms with Gasteiger partial charge in [0.05, 0.1) is 42.2 Å². The molecule has 0 spiro atoms. The van der Waals surface area contributed by atoms with Crippen molar-refractivity contribution in [3.05, 3.63) is 96.8 Å². The fraction of sp³-hybridized carbons (Fsp3) is 0.156. The highest BCUT2D eigenvalue weighted by Crippen LogP contribution is 2.33. The number of ether oxygens (including phenoxy) is 3. The highest BCUT2D eigenvalue weighted by molar-refractivity contribution is 5.99. The SMILES string of the molecule is CCC(OC(=O)c1ccc2nc(-c3ccc(OC)cc3)c(-c3ccc(OC)cc3)nc2c1)C(=O)Nc1ccncc1. The number of hydrogen-bond acceptors (Lipinski definition) is 8. The number of anilines is 1. The summed E-state index contributed by atoms with van der Waals surface area (Å²) >= 11 is 0. The molecule has 9 nitrogen and oxygen atoms in total. The maximum atomic E-state index is 13.1. The van der Waals surface area contributed by atoms with Gasteiger partial charge in [0.1, 0.15) is 11.5 Å². The van der Waals surface area contributed by atoms with E-state index in [0.29, 0.717) is 34.5 Å². The highest BCUT2D eigenvalue weighted by Gasteiger charge is 2.23. The first-order valence-electron chi connectivity index (χ1n) is 13.0. The molecule has 5 aromatic rings. The van der Waals surface area contributed by atoms with Crippen molar-refractivity contribution in [3.8, 4) is 34.0 Å². The Morgan fingerprint density at radius 3 is 1.85 bits per heavy atom. The summed E-state index contributed by atoms with van der Waals surface area (Å²) < 4.78 is 16.2. The Bertz CT molecular complexity index is 1670. The lowest BCUT2D eigenvalue weighted by Crippen LogP contribution is -2.32. The van der Waals surface area contributed by atoms with Crippen LogP contribution in [0.15, 0.2) is 91.3 Å². The minimum atomic E-state index is -0.968. The highest BCUT2D eigenvalue weighted by atomic mass is 16.5. The number of fused-ring (bicyclic) bond motifs is 1. The van der Waals surface area contributed by atoms with Gasteiger partial charge >= 0.3 is 5.97 Å². The first-order chi connectivity index (χ1) is 20.0. The number of esters is 1. The average molecular weight is 549 g/mol. The number of methoxy groups -OCH3 is 2. The smallest absolute Gasteiger partial charge is 0.338 e. The number of carbonyl (C=O) groups excluding carboxylic acids is 2. The van der Waals surface area contributed by atoms with E-state index in [1.807, 2.05) is 48.5 Å². The molecule has 206 valence electrons. The first-order valence-corrected chi connectivity index (χ1v) is 13.0. The molecule has 1 amide bonds. The molecular formula is C32H28N4O5. The van der Waals surface area contributed by atoms with Crippen LogP contribution < -0.4 is 14.8 Å². The van der Waals surface area contributed by atoms with Crippen LogP contribution in [0.5, 0.6) is 11.5 Å². The fourth-order valence-electron chi connectivity index (χ4n) is 4.26. The second-order valence-corrected chi connectivity index (χ2v) is 9.11. The zero-order valence-corrected chi connectivity index (χ0v) is 22.8. The van der Waals surface area contributed by atoms with Crippen LogP contribution in [0.3, 0.4) is 0 Å². The number of pyridine rings is 1. The van der Waals surface area contributed by atoms with Crippen LogP contribution in [0, 0.1) is 0 Å². The van der Waals surface area contributed by atoms with Crippen LogP contribution in [0.4, 0.5) is 5.69 Å². The maximum absolute atomic E-state index is 13.1. The summed E-state index contributed by atoms with van der Waals surface area (Å²) in [5.74, 6) is 0.405. The molecule has 2 heterocycles. The molecule has 1 atom stereocenters. The molecule has 0 aliphatic carbocycles. The van der Waals surface area contributed by atoms with Crippen molar-refractivity contribution in [2.45, 2.75) is 19.4 Å². The molecule has 0 aliphatic rings. The molecule has 9 heteroatoms. The summed E-state index contributed by atoms with van der Waals surface area (Å²) in [6, 6.07) is 23.4. The molecule has 0 saturated heterocycles. The molecule has 5 rings (SSSR count). The van der Waals surface area contributed by atoms with Crippen LogP contribution in [-0.4, -0.2) is 47.2 Å². The Labute approximate surface area is 237 Å². The summed E-state index contributed by atoms with van der Waals surface area (Å²) in [6.45, 7) is 1.78. The Hall–Kier alpha value is -5.31. The van der Waals surface area contributed by atoms with Gasteiger partial charge in [-0.05, 0) is 85.3 Å². The van der Waals surface area contributed by atoms with Gasteiger partial charge in [-0.15, -0.1) is 0 Å². The van der Waals surface area contributed by atoms with Gasteiger partial charge in [0.2, 0.25) is 0 Å². The van der Waals surface area contributed by atoms with E-state index < -0.39 is 18.0 Å². The second kappa shape index (κ2) is 12.3. The zero-order chi connectivity index (χ0) is 28.8. The third-order valence-corrected chi connectivity index (χ3v) is 6.49. The number of carbonyl (C=O) groups is 2. The fourth-order valence-corrected chi connectivity index (χ4v) is 4.26. The number of aromatic nitrogens is 3. The lowest BCUT2D eigenvalue weighted by Gasteiger charge is -2.16. The van der Waals surface area contributed by atoms with Crippen molar-refractivity contribution >= 4 is 28.6 Å². The quantitative estimate of drug-likeness (QED) is 0.225. The average Bonchev–Trinajstić information content (AvgIpc) is 3.03. The lowest BCUT2D eigenvalue weighted by molar-refractivity contribution is -0.124. The molecule has 41 heavy (non-hydrogen) atoms. The Balaban J connectivity index is 1.48. The van der Waals surface area contributed by atoms with Crippen molar-refractivity contribution in [2.24, 2.45) is 0 Å². The van der Waals surface area contributed by atoms with Gasteiger partial charge in [0, 0.05) is 29.2 Å². The number of amides is 1. The molecule has 1 unspecified atom stereocenters. The number of benzene rings is 3. The molecule has 1 N–H and O–H groups in total. The summed E-state index contributed by atoms with van der Waals surface area (Å²) in [4.78, 5) is 39.6. The van der Waals surface area contributed by atoms with E-state index in [1.165, 1.54) is 0 Å². The predicted molar refractivity (Wildman–Crippen MR) is 156 cm³/mol. The molecule has 3 aromatic carbocycles. The van der Waals surface area contributed by atoms with Crippen LogP contribution >= 0.6 is 0 Å². The van der Waals surface area contributed by atoms with Gasteiger partial charge < -0.3 is 19.5 Å². The van der Waals surface area contributed by atoms with Crippen molar-refractivity contribution < 1.29 is 23.8 Å². The third-order valence-electron chi connectivity index (χ3n) is 6.49. The molecule has 0 saturated carbocycles. The topological polar surface area (TPSA) is 113 Å². The van der Waals surface area contributed by atoms with Crippen LogP contribution in [0.25, 0.3) is 33.5 Å². The molecule has 0 radical (unpaired) electrons. The van der Waals surface area contributed by atoms with E-state index in [-0.39, 0.29) is 5.56 Å². The number of hydrogen-bond donors (Lipinski definition) is 1. The normalized spacial score (nSPS) is 11.5. The number of nitrogens with zero attached hydrogens (tertiary/aromatic N) is 3. The van der Waals surface area contributed by atoms with E-state index in [1.54, 1.807) is 63.9 Å². The number of nitrogens with one attached hydrogen (secondary N) is 1. The first kappa shape index (κ1) is 27.3. The van der Waals surface area contributed by atoms with E-state index >= 15 is 0 Å². The van der Waals surface area contributed by atoms with Gasteiger partial charge in [-0.1, -0.05) is 6.92 Å². The van der Waals surface area contributed by atoms with Crippen LogP contribution in [-0.2, 0) is 9.53 Å². The molecular weight excluding hydrogens is 520 g/mol. The lowest BCUT2D eigenvalue weighted by atomic mass is 10.0. The Kier molecular flexibility index (Phi) is 8.15. The van der Waals surface area contributed by atoms with Gasteiger partial charge in [0.15, 0.2) is 6.10 Å².